The fourth-order valence-electron chi connectivity index (χ4n) is 7.49. The number of anilines is 3. The van der Waals surface area contributed by atoms with E-state index in [1.54, 1.807) is 44.8 Å². The van der Waals surface area contributed by atoms with Crippen LogP contribution < -0.4 is 39.8 Å². The smallest absolute Gasteiger partial charge is 0.413 e. The van der Waals surface area contributed by atoms with E-state index in [1.165, 1.54) is 69.3 Å². The van der Waals surface area contributed by atoms with E-state index >= 15 is 0 Å². The average Bonchev–Trinajstić information content (AvgIpc) is 3.94. The van der Waals surface area contributed by atoms with Gasteiger partial charge in [-0.2, -0.15) is 25.4 Å². The molecule has 2 amide bonds. The quantitative estimate of drug-likeness (QED) is 0.0781. The molecule has 0 fully saturated rings. The van der Waals surface area contributed by atoms with Crippen molar-refractivity contribution in [3.05, 3.63) is 107 Å². The summed E-state index contributed by atoms with van der Waals surface area (Å²) in [4.78, 5) is 22.6. The Hall–Kier alpha value is -6.35. The Balaban J connectivity index is 0.000000190. The second-order valence-electron chi connectivity index (χ2n) is 15.9. The van der Waals surface area contributed by atoms with Crippen LogP contribution in [0.15, 0.2) is 77.7 Å². The third kappa shape index (κ3) is 12.1. The van der Waals surface area contributed by atoms with Gasteiger partial charge < -0.3 is 30.5 Å². The molecule has 3 aromatic heterocycles. The number of pyridine rings is 3. The van der Waals surface area contributed by atoms with Gasteiger partial charge in [0.25, 0.3) is 6.02 Å². The Bertz CT molecular complexity index is 2780. The number of amides is 2. The lowest BCUT2D eigenvalue weighted by Gasteiger charge is -2.20. The summed E-state index contributed by atoms with van der Waals surface area (Å²) in [6, 6.07) is 13.7. The van der Waals surface area contributed by atoms with Gasteiger partial charge in [0.1, 0.15) is 0 Å². The van der Waals surface area contributed by atoms with E-state index in [4.69, 9.17) is 15.2 Å². The van der Waals surface area contributed by atoms with Gasteiger partial charge in [0.05, 0.1) is 36.7 Å². The number of urea groups is 1. The van der Waals surface area contributed by atoms with Crippen LogP contribution in [0.4, 0.5) is 21.9 Å². The number of nitrogens with one attached hydrogen (secondary N) is 2. The number of benzene rings is 2. The summed E-state index contributed by atoms with van der Waals surface area (Å²) < 4.78 is 65.3. The van der Waals surface area contributed by atoms with Crippen molar-refractivity contribution in [2.24, 2.45) is 4.40 Å². The summed E-state index contributed by atoms with van der Waals surface area (Å²) in [6.45, 7) is 4.09. The second kappa shape index (κ2) is 21.1. The van der Waals surface area contributed by atoms with E-state index in [-0.39, 0.29) is 0 Å². The molecule has 18 nitrogen and oxygen atoms in total. The number of methoxy groups -OCH3 is 2. The summed E-state index contributed by atoms with van der Waals surface area (Å²) in [5.74, 6) is 1.08. The van der Waals surface area contributed by atoms with Gasteiger partial charge in [-0.05, 0) is 109 Å². The monoisotopic (exact) mass is 930 g/mol. The summed E-state index contributed by atoms with van der Waals surface area (Å²) >= 11 is 0. The molecule has 65 heavy (non-hydrogen) atoms. The number of aryl methyl sites for hydroxylation is 4. The van der Waals surface area contributed by atoms with Crippen LogP contribution in [0.5, 0.6) is 11.8 Å². The maximum absolute atomic E-state index is 12.5. The van der Waals surface area contributed by atoms with E-state index in [0.717, 1.165) is 90.0 Å². The molecular weight excluding hydrogens is 873 g/mol. The summed E-state index contributed by atoms with van der Waals surface area (Å²) in [7, 11) is 4.45. The fraction of sp³-hybridized carbons (Fsp3) is 0.356. The van der Waals surface area contributed by atoms with E-state index in [9.17, 15) is 26.7 Å². The van der Waals surface area contributed by atoms with Crippen molar-refractivity contribution in [2.45, 2.75) is 52.4 Å². The summed E-state index contributed by atoms with van der Waals surface area (Å²) in [5, 5.41) is 14.4. The first kappa shape index (κ1) is 49.7. The van der Waals surface area contributed by atoms with Crippen molar-refractivity contribution in [3.63, 3.8) is 0 Å². The zero-order valence-corrected chi connectivity index (χ0v) is 40.1. The molecule has 0 saturated carbocycles. The highest BCUT2D eigenvalue weighted by Gasteiger charge is 2.25. The van der Waals surface area contributed by atoms with Gasteiger partial charge in [-0.1, -0.05) is 12.1 Å². The number of nitrogens with two attached hydrogens (primary N) is 1. The molecule has 2 aromatic carbocycles. The molecule has 7 rings (SSSR count). The summed E-state index contributed by atoms with van der Waals surface area (Å²) in [5.41, 5.74) is 19.9. The second-order valence-corrected chi connectivity index (χ2v) is 19.6. The maximum Gasteiger partial charge on any atom is 0.413 e. The van der Waals surface area contributed by atoms with Crippen molar-refractivity contribution in [1.29, 1.82) is 0 Å². The van der Waals surface area contributed by atoms with Gasteiger partial charge in [0.15, 0.2) is 0 Å². The molecule has 5 aromatic rings. The molecule has 2 aliphatic carbocycles. The van der Waals surface area contributed by atoms with Gasteiger partial charge >= 0.3 is 26.4 Å². The number of carbonyl (C=O) groups excluding carboxylic acids is 1. The van der Waals surface area contributed by atoms with Crippen LogP contribution in [-0.2, 0) is 46.1 Å². The lowest BCUT2D eigenvalue weighted by molar-refractivity contribution is -0.613. The molecule has 0 atom stereocenters. The van der Waals surface area contributed by atoms with Gasteiger partial charge in [-0.3, -0.25) is 0 Å². The molecule has 3 heterocycles. The number of ether oxygens (including phenoxy) is 2. The maximum atomic E-state index is 12.5. The number of aromatic nitrogens is 3. The zero-order chi connectivity index (χ0) is 47.8. The Morgan fingerprint density at radius 2 is 1.26 bits per heavy atom. The third-order valence-corrected chi connectivity index (χ3v) is 13.6. The van der Waals surface area contributed by atoms with Crippen LogP contribution in [0.1, 0.15) is 46.2 Å². The summed E-state index contributed by atoms with van der Waals surface area (Å²) in [6.07, 6.45) is 12.5. The van der Waals surface area contributed by atoms with Crippen molar-refractivity contribution < 1.29 is 40.8 Å². The molecule has 0 spiro atoms. The molecule has 348 valence electrons. The molecule has 0 bridgehead atoms. The highest BCUT2D eigenvalue weighted by Crippen LogP contribution is 2.41. The minimum atomic E-state index is -3.89. The molecule has 0 unspecified atom stereocenters. The van der Waals surface area contributed by atoms with E-state index in [2.05, 4.69) is 38.7 Å². The molecule has 20 heteroatoms. The van der Waals surface area contributed by atoms with Crippen LogP contribution in [0.25, 0.3) is 22.3 Å². The zero-order valence-electron chi connectivity index (χ0n) is 38.5. The number of hydrogen-bond acceptors (Lipinski definition) is 12. The van der Waals surface area contributed by atoms with Crippen molar-refractivity contribution in [3.8, 4) is 34.0 Å². The van der Waals surface area contributed by atoms with Crippen molar-refractivity contribution >= 4 is 49.5 Å². The van der Waals surface area contributed by atoms with Crippen molar-refractivity contribution in [1.82, 2.24) is 23.3 Å². The van der Waals surface area contributed by atoms with Crippen molar-refractivity contribution in [2.75, 3.05) is 72.5 Å². The Kier molecular flexibility index (Phi) is 16.1. The lowest BCUT2D eigenvalue weighted by Crippen LogP contribution is -2.51. The van der Waals surface area contributed by atoms with Crippen LogP contribution in [0.3, 0.4) is 0 Å². The normalized spacial score (nSPS) is 13.2. The first-order valence-corrected chi connectivity index (χ1v) is 23.5. The SMILES string of the molecule is CN(C)c1cc[n+](C([O-])=NS(=O)(=O)N(C)C)cc1.COc1cc(-c2c(C)cc3c(c2N)CCC3)ccn1.COc1cc(-c2c(C)cc3c(c2NC(=O)NS(=O)(=O)N(C)C)CCC3)ccn1. The van der Waals surface area contributed by atoms with E-state index < -0.39 is 32.5 Å². The lowest BCUT2D eigenvalue weighted by atomic mass is 9.93. The highest BCUT2D eigenvalue weighted by atomic mass is 32.2. The molecular formula is C45H58N10O8S2. The Labute approximate surface area is 382 Å². The van der Waals surface area contributed by atoms with Crippen LogP contribution >= 0.6 is 0 Å². The molecule has 0 saturated heterocycles. The van der Waals surface area contributed by atoms with Gasteiger partial charge in [0, 0.05) is 101 Å². The number of carbonyl (C=O) groups is 1. The number of fused-ring (bicyclic) bond motifs is 2. The largest absolute Gasteiger partial charge is 0.806 e. The van der Waals surface area contributed by atoms with Crippen LogP contribution in [0.2, 0.25) is 0 Å². The number of nitrogen functional groups attached to an aromatic ring is 1. The molecule has 4 N–H and O–H groups in total. The number of rotatable bonds is 10. The number of hydrogen-bond donors (Lipinski definition) is 3. The first-order chi connectivity index (χ1) is 30.7. The van der Waals surface area contributed by atoms with Gasteiger partial charge in [0.2, 0.25) is 11.8 Å². The van der Waals surface area contributed by atoms with Gasteiger partial charge in [-0.25, -0.2) is 24.1 Å². The Morgan fingerprint density at radius 3 is 1.77 bits per heavy atom. The predicted octanol–water partition coefficient (Wildman–Crippen LogP) is 4.03. The number of nitrogens with zero attached hydrogens (tertiary/aromatic N) is 7. The Morgan fingerprint density at radius 1 is 0.754 bits per heavy atom. The molecule has 0 aliphatic heterocycles. The topological polar surface area (TPSA) is 229 Å². The highest BCUT2D eigenvalue weighted by molar-refractivity contribution is 7.88. The molecule has 0 radical (unpaired) electrons. The fourth-order valence-corrected chi connectivity index (χ4v) is 8.41. The minimum Gasteiger partial charge on any atom is -0.806 e. The molecule has 2 aliphatic rings. The standard InChI is InChI=1S/C19H24N4O4S.C16H18N2O.C10H16N4O3S/c1-12-10-13-6-5-7-15(13)18(21-19(24)22-28(25,26)23(2)3)17(12)14-8-9-20-16(11-14)27-4;1-10-8-11-4-3-5-13(11)16(17)15(10)12-6-7-18-14(9-12)19-2;1-12(2)9-5-7-14(8-6-9)10(15)11-18(16,17)13(3)4/h8-11H,5-7H2,1-4H3,(H2,21,22,24);6-9H,3-5,17H2,1-2H3;5-8H,1-4H3. The first-order valence-electron chi connectivity index (χ1n) is 20.6. The average molecular weight is 931 g/mol. The third-order valence-electron chi connectivity index (χ3n) is 10.8. The van der Waals surface area contributed by atoms with Crippen LogP contribution in [0, 0.1) is 13.8 Å². The minimum absolute atomic E-state index is 0.461. The van der Waals surface area contributed by atoms with Gasteiger partial charge in [-0.15, -0.1) is 0 Å². The van der Waals surface area contributed by atoms with Crippen LogP contribution in [-0.4, -0.2) is 104 Å². The van der Waals surface area contributed by atoms with E-state index in [1.807, 2.05) is 48.8 Å². The predicted molar refractivity (Wildman–Crippen MR) is 252 cm³/mol. The van der Waals surface area contributed by atoms with E-state index in [0.29, 0.717) is 17.4 Å².